The fourth-order valence-corrected chi connectivity index (χ4v) is 2.70. The molecule has 1 saturated heterocycles. The van der Waals surface area contributed by atoms with E-state index in [4.69, 9.17) is 10.2 Å². The third kappa shape index (κ3) is 5.08. The van der Waals surface area contributed by atoms with E-state index in [1.165, 1.54) is 19.3 Å². The lowest BCUT2D eigenvalue weighted by atomic mass is 10.1. The number of hydrogen-bond acceptors (Lipinski definition) is 3. The molecule has 0 amide bonds. The van der Waals surface area contributed by atoms with Gasteiger partial charge in [-0.25, -0.2) is 0 Å². The fraction of sp³-hybridized carbons (Fsp3) is 0.688. The highest BCUT2D eigenvalue weighted by molar-refractivity contribution is 5.78. The van der Waals surface area contributed by atoms with Gasteiger partial charge >= 0.3 is 0 Å². The quantitative estimate of drug-likeness (QED) is 0.661. The summed E-state index contributed by atoms with van der Waals surface area (Å²) in [5, 5.41) is 3.20. The van der Waals surface area contributed by atoms with Crippen LogP contribution in [0.25, 0.3) is 0 Å². The van der Waals surface area contributed by atoms with Gasteiger partial charge in [0.2, 0.25) is 0 Å². The standard InChI is InChI=1S/C16H28N4O/c1-16(2,3)19-15(17)18-12-13(14-8-7-11-21-14)20-9-5-4-6-10-20/h7-8,11,13H,4-6,9-10,12H2,1-3H3,(H3,17,18,19). The summed E-state index contributed by atoms with van der Waals surface area (Å²) < 4.78 is 5.61. The average molecular weight is 292 g/mol. The van der Waals surface area contributed by atoms with Gasteiger partial charge in [-0.2, -0.15) is 0 Å². The summed E-state index contributed by atoms with van der Waals surface area (Å²) in [6.07, 6.45) is 5.54. The minimum Gasteiger partial charge on any atom is -0.468 e. The van der Waals surface area contributed by atoms with E-state index in [9.17, 15) is 0 Å². The third-order valence-corrected chi connectivity index (χ3v) is 3.64. The molecule has 0 aliphatic carbocycles. The van der Waals surface area contributed by atoms with E-state index in [0.29, 0.717) is 12.5 Å². The van der Waals surface area contributed by atoms with Crippen molar-refractivity contribution in [1.29, 1.82) is 0 Å². The normalized spacial score (nSPS) is 19.5. The monoisotopic (exact) mass is 292 g/mol. The smallest absolute Gasteiger partial charge is 0.189 e. The van der Waals surface area contributed by atoms with Gasteiger partial charge in [-0.05, 0) is 58.8 Å². The van der Waals surface area contributed by atoms with Crippen molar-refractivity contribution in [3.8, 4) is 0 Å². The number of guanidine groups is 1. The molecule has 0 bridgehead atoms. The Hall–Kier alpha value is -1.49. The lowest BCUT2D eigenvalue weighted by molar-refractivity contribution is 0.150. The van der Waals surface area contributed by atoms with Gasteiger partial charge in [0.25, 0.3) is 0 Å². The van der Waals surface area contributed by atoms with Crippen molar-refractivity contribution in [3.05, 3.63) is 24.2 Å². The first-order valence-electron chi connectivity index (χ1n) is 7.81. The van der Waals surface area contributed by atoms with Crippen LogP contribution in [0.1, 0.15) is 51.8 Å². The van der Waals surface area contributed by atoms with Crippen LogP contribution in [0.15, 0.2) is 27.8 Å². The predicted molar refractivity (Wildman–Crippen MR) is 86.3 cm³/mol. The molecule has 0 spiro atoms. The topological polar surface area (TPSA) is 66.8 Å². The first-order chi connectivity index (χ1) is 9.96. The minimum atomic E-state index is -0.0705. The van der Waals surface area contributed by atoms with Crippen LogP contribution in [0.2, 0.25) is 0 Å². The van der Waals surface area contributed by atoms with Gasteiger partial charge in [0, 0.05) is 5.54 Å². The number of nitrogens with two attached hydrogens (primary N) is 1. The van der Waals surface area contributed by atoms with Crippen molar-refractivity contribution < 1.29 is 4.42 Å². The van der Waals surface area contributed by atoms with Crippen molar-refractivity contribution in [2.24, 2.45) is 10.7 Å². The molecule has 0 saturated carbocycles. The first kappa shape index (κ1) is 15.9. The zero-order valence-corrected chi connectivity index (χ0v) is 13.4. The second kappa shape index (κ2) is 6.98. The molecule has 118 valence electrons. The van der Waals surface area contributed by atoms with Crippen LogP contribution >= 0.6 is 0 Å². The van der Waals surface area contributed by atoms with E-state index in [-0.39, 0.29) is 11.6 Å². The van der Waals surface area contributed by atoms with Crippen LogP contribution in [0.4, 0.5) is 0 Å². The van der Waals surface area contributed by atoms with Crippen LogP contribution in [-0.4, -0.2) is 36.0 Å². The molecule has 5 nitrogen and oxygen atoms in total. The molecule has 1 aliphatic heterocycles. The van der Waals surface area contributed by atoms with E-state index in [0.717, 1.165) is 18.8 Å². The number of likely N-dealkylation sites (tertiary alicyclic amines) is 1. The van der Waals surface area contributed by atoms with Crippen LogP contribution in [0, 0.1) is 0 Å². The van der Waals surface area contributed by atoms with Gasteiger partial charge < -0.3 is 15.5 Å². The van der Waals surface area contributed by atoms with E-state index in [1.54, 1.807) is 6.26 Å². The maximum absolute atomic E-state index is 5.98. The lowest BCUT2D eigenvalue weighted by Crippen LogP contribution is -2.45. The number of aliphatic imine (C=N–C) groups is 1. The molecular formula is C16H28N4O. The number of nitrogens with zero attached hydrogens (tertiary/aromatic N) is 2. The molecule has 21 heavy (non-hydrogen) atoms. The molecule has 1 atom stereocenters. The molecule has 1 aliphatic rings. The first-order valence-corrected chi connectivity index (χ1v) is 7.81. The Bertz CT molecular complexity index is 441. The van der Waals surface area contributed by atoms with E-state index in [2.05, 4.69) is 36.0 Å². The number of piperidine rings is 1. The number of nitrogens with one attached hydrogen (secondary N) is 1. The largest absolute Gasteiger partial charge is 0.468 e. The molecule has 1 fully saturated rings. The van der Waals surface area contributed by atoms with Crippen LogP contribution in [-0.2, 0) is 0 Å². The molecule has 1 unspecified atom stereocenters. The Morgan fingerprint density at radius 1 is 1.38 bits per heavy atom. The van der Waals surface area contributed by atoms with Crippen molar-refractivity contribution in [2.45, 2.75) is 51.6 Å². The van der Waals surface area contributed by atoms with Gasteiger partial charge in [0.1, 0.15) is 5.76 Å². The number of rotatable bonds is 4. The summed E-state index contributed by atoms with van der Waals surface area (Å²) in [6.45, 7) is 9.06. The lowest BCUT2D eigenvalue weighted by Gasteiger charge is -2.32. The summed E-state index contributed by atoms with van der Waals surface area (Å²) in [6, 6.07) is 4.15. The molecule has 3 N–H and O–H groups in total. The van der Waals surface area contributed by atoms with E-state index in [1.807, 2.05) is 12.1 Å². The van der Waals surface area contributed by atoms with Crippen LogP contribution in [0.5, 0.6) is 0 Å². The van der Waals surface area contributed by atoms with Crippen LogP contribution in [0.3, 0.4) is 0 Å². The summed E-state index contributed by atoms with van der Waals surface area (Å²) in [5.41, 5.74) is 5.91. The van der Waals surface area contributed by atoms with Crippen molar-refractivity contribution in [3.63, 3.8) is 0 Å². The Morgan fingerprint density at radius 3 is 2.67 bits per heavy atom. The molecule has 0 radical (unpaired) electrons. The third-order valence-electron chi connectivity index (χ3n) is 3.64. The zero-order chi connectivity index (χ0) is 15.3. The zero-order valence-electron chi connectivity index (χ0n) is 13.4. The van der Waals surface area contributed by atoms with Gasteiger partial charge in [-0.3, -0.25) is 9.89 Å². The van der Waals surface area contributed by atoms with E-state index >= 15 is 0 Å². The summed E-state index contributed by atoms with van der Waals surface area (Å²) in [5.74, 6) is 1.47. The summed E-state index contributed by atoms with van der Waals surface area (Å²) in [4.78, 5) is 6.98. The highest BCUT2D eigenvalue weighted by Gasteiger charge is 2.24. The van der Waals surface area contributed by atoms with Crippen molar-refractivity contribution >= 4 is 5.96 Å². The Balaban J connectivity index is 2.04. The van der Waals surface area contributed by atoms with E-state index < -0.39 is 0 Å². The summed E-state index contributed by atoms with van der Waals surface area (Å²) in [7, 11) is 0. The highest BCUT2D eigenvalue weighted by atomic mass is 16.3. The highest BCUT2D eigenvalue weighted by Crippen LogP contribution is 2.25. The maximum Gasteiger partial charge on any atom is 0.189 e. The molecule has 1 aromatic heterocycles. The van der Waals surface area contributed by atoms with Gasteiger partial charge in [-0.15, -0.1) is 0 Å². The SMILES string of the molecule is CC(C)(C)NC(N)=NCC(c1ccco1)N1CCCCC1. The van der Waals surface area contributed by atoms with Crippen molar-refractivity contribution in [1.82, 2.24) is 10.2 Å². The molecular weight excluding hydrogens is 264 g/mol. The number of furan rings is 1. The Labute approximate surface area is 127 Å². The second-order valence-corrected chi connectivity index (χ2v) is 6.73. The van der Waals surface area contributed by atoms with Gasteiger partial charge in [-0.1, -0.05) is 6.42 Å². The second-order valence-electron chi connectivity index (χ2n) is 6.73. The Kier molecular flexibility index (Phi) is 5.28. The average Bonchev–Trinajstić information content (AvgIpc) is 2.92. The molecule has 2 heterocycles. The predicted octanol–water partition coefficient (Wildman–Crippen LogP) is 2.51. The molecule has 1 aromatic rings. The molecule has 0 aromatic carbocycles. The number of hydrogen-bond donors (Lipinski definition) is 2. The Morgan fingerprint density at radius 2 is 2.10 bits per heavy atom. The maximum atomic E-state index is 5.98. The van der Waals surface area contributed by atoms with Crippen molar-refractivity contribution in [2.75, 3.05) is 19.6 Å². The minimum absolute atomic E-state index is 0.0705. The summed E-state index contributed by atoms with van der Waals surface area (Å²) >= 11 is 0. The van der Waals surface area contributed by atoms with Gasteiger partial charge in [0.05, 0.1) is 18.8 Å². The fourth-order valence-electron chi connectivity index (χ4n) is 2.70. The van der Waals surface area contributed by atoms with Gasteiger partial charge in [0.15, 0.2) is 5.96 Å². The molecule has 2 rings (SSSR count). The molecule has 5 heteroatoms. The van der Waals surface area contributed by atoms with Crippen LogP contribution < -0.4 is 11.1 Å².